The summed E-state index contributed by atoms with van der Waals surface area (Å²) < 4.78 is 0. The van der Waals surface area contributed by atoms with Crippen LogP contribution >= 0.6 is 11.8 Å². The molecule has 2 atom stereocenters. The Kier molecular flexibility index (Phi) is 4.65. The molecule has 1 aromatic carbocycles. The number of thioether (sulfide) groups is 1. The van der Waals surface area contributed by atoms with E-state index in [-0.39, 0.29) is 16.5 Å². The van der Waals surface area contributed by atoms with Crippen LogP contribution in [0.2, 0.25) is 0 Å². The first-order valence-electron chi connectivity index (χ1n) is 6.66. The molecule has 2 rings (SSSR count). The fourth-order valence-electron chi connectivity index (χ4n) is 2.61. The molecule has 0 amide bonds. The molecule has 0 spiro atoms. The van der Waals surface area contributed by atoms with Crippen molar-refractivity contribution in [2.45, 2.75) is 42.8 Å². The number of nitro benzene ring substituents is 1. The third kappa shape index (κ3) is 3.30. The Morgan fingerprint density at radius 2 is 2.20 bits per heavy atom. The molecule has 0 saturated heterocycles. The van der Waals surface area contributed by atoms with Gasteiger partial charge in [0.1, 0.15) is 0 Å². The Morgan fingerprint density at radius 3 is 2.80 bits per heavy atom. The molecule has 0 radical (unpaired) electrons. The maximum absolute atomic E-state index is 11.3. The van der Waals surface area contributed by atoms with E-state index in [0.717, 1.165) is 19.3 Å². The minimum Gasteiger partial charge on any atom is -0.478 e. The summed E-state index contributed by atoms with van der Waals surface area (Å²) in [6.45, 7) is 2.17. The van der Waals surface area contributed by atoms with E-state index in [9.17, 15) is 20.0 Å². The van der Waals surface area contributed by atoms with Crippen LogP contribution in [0.4, 0.5) is 5.69 Å². The molecule has 108 valence electrons. The predicted molar refractivity (Wildman–Crippen MR) is 77.3 cm³/mol. The number of nitro groups is 1. The lowest BCUT2D eigenvalue weighted by Crippen LogP contribution is -2.16. The zero-order valence-electron chi connectivity index (χ0n) is 11.2. The first-order valence-corrected chi connectivity index (χ1v) is 7.54. The van der Waals surface area contributed by atoms with Gasteiger partial charge in [0, 0.05) is 11.3 Å². The monoisotopic (exact) mass is 295 g/mol. The van der Waals surface area contributed by atoms with E-state index in [2.05, 4.69) is 6.92 Å². The van der Waals surface area contributed by atoms with E-state index in [1.807, 2.05) is 0 Å². The SMILES string of the molecule is CC1CCCC(Sc2c(C(=O)O)cccc2[N+](=O)[O-])C1. The van der Waals surface area contributed by atoms with Gasteiger partial charge in [-0.15, -0.1) is 11.8 Å². The molecule has 2 unspecified atom stereocenters. The van der Waals surface area contributed by atoms with Crippen LogP contribution in [0.25, 0.3) is 0 Å². The molecule has 1 saturated carbocycles. The van der Waals surface area contributed by atoms with Crippen molar-refractivity contribution in [3.05, 3.63) is 33.9 Å². The smallest absolute Gasteiger partial charge is 0.337 e. The highest BCUT2D eigenvalue weighted by Gasteiger charge is 2.27. The summed E-state index contributed by atoms with van der Waals surface area (Å²) in [5.41, 5.74) is -0.0736. The molecule has 1 aliphatic rings. The molecule has 5 nitrogen and oxygen atoms in total. The van der Waals surface area contributed by atoms with Gasteiger partial charge in [0.2, 0.25) is 0 Å². The average Bonchev–Trinajstić information content (AvgIpc) is 2.38. The standard InChI is InChI=1S/C14H17NO4S/c1-9-4-2-5-10(8-9)20-13-11(14(16)17)6-3-7-12(13)15(18)19/h3,6-7,9-10H,2,4-5,8H2,1H3,(H,16,17). The second-order valence-corrected chi connectivity index (χ2v) is 6.54. The summed E-state index contributed by atoms with van der Waals surface area (Å²) in [5, 5.41) is 20.6. The molecule has 0 aromatic heterocycles. The summed E-state index contributed by atoms with van der Waals surface area (Å²) in [5.74, 6) is -0.516. The third-order valence-electron chi connectivity index (χ3n) is 3.59. The first kappa shape index (κ1) is 14.8. The van der Waals surface area contributed by atoms with Crippen molar-refractivity contribution in [3.8, 4) is 0 Å². The highest BCUT2D eigenvalue weighted by atomic mass is 32.2. The van der Waals surface area contributed by atoms with Gasteiger partial charge in [-0.05, 0) is 24.8 Å². The van der Waals surface area contributed by atoms with Gasteiger partial charge in [0.05, 0.1) is 15.4 Å². The highest BCUT2D eigenvalue weighted by Crippen LogP contribution is 2.41. The zero-order chi connectivity index (χ0) is 14.7. The van der Waals surface area contributed by atoms with Gasteiger partial charge in [-0.1, -0.05) is 25.8 Å². The van der Waals surface area contributed by atoms with Gasteiger partial charge >= 0.3 is 5.97 Å². The van der Waals surface area contributed by atoms with Crippen molar-refractivity contribution in [2.75, 3.05) is 0 Å². The maximum atomic E-state index is 11.3. The van der Waals surface area contributed by atoms with Crippen LogP contribution < -0.4 is 0 Å². The number of hydrogen-bond acceptors (Lipinski definition) is 4. The number of carbonyl (C=O) groups is 1. The molecule has 0 aliphatic heterocycles. The minimum atomic E-state index is -1.11. The van der Waals surface area contributed by atoms with E-state index in [1.165, 1.54) is 36.4 Å². The predicted octanol–water partition coefficient (Wildman–Crippen LogP) is 3.96. The summed E-state index contributed by atoms with van der Waals surface area (Å²) >= 11 is 1.36. The normalized spacial score (nSPS) is 22.4. The summed E-state index contributed by atoms with van der Waals surface area (Å²) in [6, 6.07) is 4.24. The molecule has 6 heteroatoms. The Labute approximate surface area is 121 Å². The van der Waals surface area contributed by atoms with Gasteiger partial charge < -0.3 is 5.11 Å². The molecule has 0 heterocycles. The average molecular weight is 295 g/mol. The number of nitrogens with zero attached hydrogens (tertiary/aromatic N) is 1. The molecule has 1 N–H and O–H groups in total. The van der Waals surface area contributed by atoms with Crippen molar-refractivity contribution in [2.24, 2.45) is 5.92 Å². The van der Waals surface area contributed by atoms with Crippen molar-refractivity contribution in [1.82, 2.24) is 0 Å². The molecular weight excluding hydrogens is 278 g/mol. The Bertz CT molecular complexity index is 500. The van der Waals surface area contributed by atoms with Crippen LogP contribution in [0.1, 0.15) is 43.0 Å². The molecule has 20 heavy (non-hydrogen) atoms. The number of aromatic carboxylic acids is 1. The topological polar surface area (TPSA) is 80.4 Å². The van der Waals surface area contributed by atoms with E-state index < -0.39 is 10.9 Å². The fraction of sp³-hybridized carbons (Fsp3) is 0.500. The number of carboxylic acid groups (broad SMARTS) is 1. The highest BCUT2D eigenvalue weighted by molar-refractivity contribution is 8.00. The summed E-state index contributed by atoms with van der Waals surface area (Å²) in [6.07, 6.45) is 4.25. The van der Waals surface area contributed by atoms with Crippen LogP contribution in [-0.2, 0) is 0 Å². The number of hydrogen-bond donors (Lipinski definition) is 1. The lowest BCUT2D eigenvalue weighted by atomic mass is 9.91. The summed E-state index contributed by atoms with van der Waals surface area (Å²) in [7, 11) is 0. The van der Waals surface area contributed by atoms with Crippen LogP contribution in [0.15, 0.2) is 23.1 Å². The fourth-order valence-corrected chi connectivity index (χ4v) is 4.20. The van der Waals surface area contributed by atoms with Crippen LogP contribution in [0, 0.1) is 16.0 Å². The van der Waals surface area contributed by atoms with Crippen LogP contribution in [0.5, 0.6) is 0 Å². The maximum Gasteiger partial charge on any atom is 0.337 e. The molecular formula is C14H17NO4S. The van der Waals surface area contributed by atoms with Gasteiger partial charge in [-0.25, -0.2) is 4.79 Å². The molecule has 1 aliphatic carbocycles. The Balaban J connectivity index is 2.32. The van der Waals surface area contributed by atoms with Gasteiger partial charge in [0.25, 0.3) is 5.69 Å². The quantitative estimate of drug-likeness (QED) is 0.671. The molecule has 0 bridgehead atoms. The van der Waals surface area contributed by atoms with Crippen molar-refractivity contribution >= 4 is 23.4 Å². The van der Waals surface area contributed by atoms with Gasteiger partial charge in [-0.2, -0.15) is 0 Å². The Hall–Kier alpha value is -1.56. The molecule has 1 aromatic rings. The molecule has 1 fully saturated rings. The van der Waals surface area contributed by atoms with E-state index >= 15 is 0 Å². The largest absolute Gasteiger partial charge is 0.478 e. The Morgan fingerprint density at radius 1 is 1.45 bits per heavy atom. The van der Waals surface area contributed by atoms with Gasteiger partial charge in [-0.3, -0.25) is 10.1 Å². The van der Waals surface area contributed by atoms with Crippen LogP contribution in [0.3, 0.4) is 0 Å². The van der Waals surface area contributed by atoms with E-state index in [1.54, 1.807) is 0 Å². The number of benzene rings is 1. The summed E-state index contributed by atoms with van der Waals surface area (Å²) in [4.78, 5) is 22.2. The number of carboxylic acids is 1. The second kappa shape index (κ2) is 6.26. The van der Waals surface area contributed by atoms with E-state index in [4.69, 9.17) is 0 Å². The minimum absolute atomic E-state index is 0.0300. The third-order valence-corrected chi connectivity index (χ3v) is 5.02. The lowest BCUT2D eigenvalue weighted by Gasteiger charge is -2.26. The zero-order valence-corrected chi connectivity index (χ0v) is 12.1. The van der Waals surface area contributed by atoms with E-state index in [0.29, 0.717) is 10.8 Å². The van der Waals surface area contributed by atoms with Crippen molar-refractivity contribution in [1.29, 1.82) is 0 Å². The first-order chi connectivity index (χ1) is 9.49. The van der Waals surface area contributed by atoms with Crippen LogP contribution in [-0.4, -0.2) is 21.2 Å². The van der Waals surface area contributed by atoms with Crippen molar-refractivity contribution < 1.29 is 14.8 Å². The van der Waals surface area contributed by atoms with Gasteiger partial charge in [0.15, 0.2) is 0 Å². The second-order valence-electron chi connectivity index (χ2n) is 5.23. The van der Waals surface area contributed by atoms with Crippen molar-refractivity contribution in [3.63, 3.8) is 0 Å². The lowest BCUT2D eigenvalue weighted by molar-refractivity contribution is -0.387. The number of rotatable bonds is 4.